The number of aromatic nitrogens is 1. The van der Waals surface area contributed by atoms with Gasteiger partial charge in [-0.25, -0.2) is 9.59 Å². The van der Waals surface area contributed by atoms with Crippen LogP contribution < -0.4 is 4.74 Å². The summed E-state index contributed by atoms with van der Waals surface area (Å²) in [6.07, 6.45) is 1.10. The summed E-state index contributed by atoms with van der Waals surface area (Å²) in [5.74, 6) is -0.767. The van der Waals surface area contributed by atoms with Gasteiger partial charge in [0.05, 0.1) is 38.2 Å². The Morgan fingerprint density at radius 1 is 0.912 bits per heavy atom. The molecule has 34 heavy (non-hydrogen) atoms. The fourth-order valence-corrected chi connectivity index (χ4v) is 4.32. The van der Waals surface area contributed by atoms with Crippen molar-refractivity contribution < 1.29 is 23.8 Å². The summed E-state index contributed by atoms with van der Waals surface area (Å²) in [5.41, 5.74) is 3.92. The van der Waals surface area contributed by atoms with E-state index in [-0.39, 0.29) is 5.57 Å². The molecule has 0 radical (unpaired) electrons. The van der Waals surface area contributed by atoms with Crippen LogP contribution in [0.4, 0.5) is 0 Å². The Hall–Kier alpha value is -4.57. The molecule has 1 aromatic carbocycles. The zero-order chi connectivity index (χ0) is 24.4. The number of esters is 2. The van der Waals surface area contributed by atoms with Crippen molar-refractivity contribution in [2.75, 3.05) is 21.3 Å². The number of nitriles is 1. The van der Waals surface area contributed by atoms with Crippen LogP contribution in [0.3, 0.4) is 0 Å². The van der Waals surface area contributed by atoms with E-state index < -0.39 is 11.9 Å². The van der Waals surface area contributed by atoms with Crippen LogP contribution in [0.25, 0.3) is 33.2 Å². The second kappa shape index (κ2) is 9.12. The molecule has 2 aliphatic carbocycles. The molecule has 0 saturated carbocycles. The molecule has 170 valence electrons. The van der Waals surface area contributed by atoms with E-state index in [1.807, 2.05) is 54.0 Å². The molecule has 0 aliphatic heterocycles. The zero-order valence-electron chi connectivity index (χ0n) is 19.2. The number of fused-ring (bicyclic) bond motifs is 3. The van der Waals surface area contributed by atoms with Gasteiger partial charge in [0.2, 0.25) is 0 Å². The van der Waals surface area contributed by atoms with Gasteiger partial charge in [0, 0.05) is 33.8 Å². The Kier molecular flexibility index (Phi) is 6.07. The number of carbonyl (C=O) groups excluding carboxylic acids is 2. The van der Waals surface area contributed by atoms with Crippen molar-refractivity contribution >= 4 is 28.3 Å². The first-order chi connectivity index (χ1) is 16.5. The van der Waals surface area contributed by atoms with Gasteiger partial charge in [0.25, 0.3) is 0 Å². The molecule has 7 heteroatoms. The predicted molar refractivity (Wildman–Crippen MR) is 128 cm³/mol. The van der Waals surface area contributed by atoms with Crippen LogP contribution in [-0.2, 0) is 19.1 Å². The van der Waals surface area contributed by atoms with Crippen LogP contribution in [0.2, 0.25) is 0 Å². The highest BCUT2D eigenvalue weighted by atomic mass is 16.5. The number of ether oxygens (including phenoxy) is 3. The molecule has 0 spiro atoms. The van der Waals surface area contributed by atoms with Crippen molar-refractivity contribution in [1.29, 1.82) is 5.26 Å². The predicted octanol–water partition coefficient (Wildman–Crippen LogP) is 4.65. The molecule has 2 aliphatic rings. The summed E-state index contributed by atoms with van der Waals surface area (Å²) < 4.78 is 17.0. The lowest BCUT2D eigenvalue weighted by molar-refractivity contribution is -0.136. The monoisotopic (exact) mass is 454 g/mol. The quantitative estimate of drug-likeness (QED) is 0.322. The fraction of sp³-hybridized carbons (Fsp3) is 0.148. The second-order valence-electron chi connectivity index (χ2n) is 7.52. The molecular formula is C27H22N2O5. The molecule has 7 nitrogen and oxygen atoms in total. The van der Waals surface area contributed by atoms with Gasteiger partial charge in [-0.05, 0) is 36.8 Å². The first-order valence-corrected chi connectivity index (χ1v) is 10.4. The maximum atomic E-state index is 13.0. The maximum Gasteiger partial charge on any atom is 0.340 e. The highest BCUT2D eigenvalue weighted by Gasteiger charge is 2.31. The normalized spacial score (nSPS) is 11.3. The van der Waals surface area contributed by atoms with E-state index in [0.717, 1.165) is 34.0 Å². The Balaban J connectivity index is 2.24. The van der Waals surface area contributed by atoms with Gasteiger partial charge in [-0.1, -0.05) is 30.3 Å². The van der Waals surface area contributed by atoms with Gasteiger partial charge in [0.1, 0.15) is 11.8 Å². The van der Waals surface area contributed by atoms with Crippen LogP contribution >= 0.6 is 0 Å². The molecule has 0 bridgehead atoms. The van der Waals surface area contributed by atoms with Crippen LogP contribution in [0, 0.1) is 18.3 Å². The summed E-state index contributed by atoms with van der Waals surface area (Å²) >= 11 is 0. The second-order valence-corrected chi connectivity index (χ2v) is 7.52. The summed E-state index contributed by atoms with van der Waals surface area (Å²) in [4.78, 5) is 25.2. The lowest BCUT2D eigenvalue weighted by Crippen LogP contribution is -2.12. The van der Waals surface area contributed by atoms with Gasteiger partial charge >= 0.3 is 11.9 Å². The van der Waals surface area contributed by atoms with Crippen LogP contribution in [0.1, 0.15) is 17.0 Å². The summed E-state index contributed by atoms with van der Waals surface area (Å²) in [6, 6.07) is 19.1. The number of carbonyl (C=O) groups is 2. The standard InChI is InChI=1S/C27H22N2O5/c1-16-24-20-9-7-5-6-8-19(20)22(15-28)25(24)26(21(27(31)34-4)14-23(30)33-3)29(16)17-10-12-18(32-2)13-11-17/h5-14H,1-4H3/b21-14-. The molecule has 0 fully saturated rings. The first kappa shape index (κ1) is 22.6. The Labute approximate surface area is 196 Å². The largest absolute Gasteiger partial charge is 0.497 e. The molecule has 1 aromatic heterocycles. The van der Waals surface area contributed by atoms with Gasteiger partial charge < -0.3 is 18.8 Å². The van der Waals surface area contributed by atoms with Crippen molar-refractivity contribution in [3.8, 4) is 28.6 Å². The van der Waals surface area contributed by atoms with Gasteiger partial charge in [-0.2, -0.15) is 5.26 Å². The topological polar surface area (TPSA) is 90.6 Å². The number of nitrogens with zero attached hydrogens (tertiary/aromatic N) is 2. The Morgan fingerprint density at radius 3 is 2.18 bits per heavy atom. The van der Waals surface area contributed by atoms with E-state index in [4.69, 9.17) is 14.2 Å². The number of aryl methyl sites for hydroxylation is 1. The molecule has 0 amide bonds. The SMILES string of the molecule is COC(=O)/C=C(\C(=O)OC)c1c2c(C#N)c3cccccc-3c2c(C)n1-c1ccc(OC)cc1. The zero-order valence-corrected chi connectivity index (χ0v) is 19.2. The van der Waals surface area contributed by atoms with E-state index >= 15 is 0 Å². The third-order valence-corrected chi connectivity index (χ3v) is 5.80. The van der Waals surface area contributed by atoms with Crippen molar-refractivity contribution in [3.63, 3.8) is 0 Å². The highest BCUT2D eigenvalue weighted by Crippen LogP contribution is 2.46. The summed E-state index contributed by atoms with van der Waals surface area (Å²) in [7, 11) is 4.05. The van der Waals surface area contributed by atoms with Crippen LogP contribution in [0.5, 0.6) is 5.75 Å². The Bertz CT molecular complexity index is 1460. The molecule has 4 rings (SSSR count). The first-order valence-electron chi connectivity index (χ1n) is 10.4. The van der Waals surface area contributed by atoms with Gasteiger partial charge in [-0.15, -0.1) is 0 Å². The minimum Gasteiger partial charge on any atom is -0.497 e. The molecule has 0 unspecified atom stereocenters. The van der Waals surface area contributed by atoms with Crippen LogP contribution in [-0.4, -0.2) is 37.8 Å². The van der Waals surface area contributed by atoms with E-state index in [1.165, 1.54) is 14.2 Å². The Morgan fingerprint density at radius 2 is 1.59 bits per heavy atom. The van der Waals surface area contributed by atoms with Gasteiger partial charge in [0.15, 0.2) is 0 Å². The maximum absolute atomic E-state index is 13.0. The molecule has 0 N–H and O–H groups in total. The highest BCUT2D eigenvalue weighted by molar-refractivity contribution is 6.26. The van der Waals surface area contributed by atoms with Crippen molar-refractivity contribution in [2.45, 2.75) is 6.92 Å². The molecule has 2 aromatic rings. The average molecular weight is 454 g/mol. The van der Waals surface area contributed by atoms with Crippen molar-refractivity contribution in [3.05, 3.63) is 77.6 Å². The summed E-state index contributed by atoms with van der Waals surface area (Å²) in [5, 5.41) is 11.6. The lowest BCUT2D eigenvalue weighted by atomic mass is 10.1. The van der Waals surface area contributed by atoms with E-state index in [9.17, 15) is 14.9 Å². The van der Waals surface area contributed by atoms with Crippen molar-refractivity contribution in [2.24, 2.45) is 0 Å². The van der Waals surface area contributed by atoms with E-state index in [2.05, 4.69) is 6.07 Å². The third kappa shape index (κ3) is 3.55. The van der Waals surface area contributed by atoms with E-state index in [1.54, 1.807) is 19.2 Å². The molecule has 0 saturated heterocycles. The molecule has 0 atom stereocenters. The van der Waals surface area contributed by atoms with E-state index in [0.29, 0.717) is 22.4 Å². The number of methoxy groups -OCH3 is 3. The number of hydrogen-bond donors (Lipinski definition) is 0. The minimum atomic E-state index is -0.723. The lowest BCUT2D eigenvalue weighted by Gasteiger charge is -2.15. The fourth-order valence-electron chi connectivity index (χ4n) is 4.32. The minimum absolute atomic E-state index is 0.0144. The van der Waals surface area contributed by atoms with Crippen LogP contribution in [0.15, 0.2) is 60.7 Å². The third-order valence-electron chi connectivity index (χ3n) is 5.80. The molecule has 1 heterocycles. The number of rotatable bonds is 5. The number of benzene rings is 1. The summed E-state index contributed by atoms with van der Waals surface area (Å²) in [6.45, 7) is 1.91. The molecular weight excluding hydrogens is 432 g/mol. The number of hydrogen-bond acceptors (Lipinski definition) is 6. The van der Waals surface area contributed by atoms with Crippen molar-refractivity contribution in [1.82, 2.24) is 4.57 Å². The van der Waals surface area contributed by atoms with Gasteiger partial charge in [-0.3, -0.25) is 0 Å². The average Bonchev–Trinajstić information content (AvgIpc) is 3.20. The smallest absolute Gasteiger partial charge is 0.340 e.